The fourth-order valence-corrected chi connectivity index (χ4v) is 11.0. The van der Waals surface area contributed by atoms with Gasteiger partial charge in [-0.3, -0.25) is 4.79 Å². The SMILES string of the molecule is COC[C@@H](CCO)c1cc2ccc3c(c2oc1=O)[C@H]1OC(=O)C[C@@H]2C[C@H](c4cccc(Cc5ccccc5)c4)C=C[C@H]2c2ccc(cc2)CC/C(=C(\C)CO)C(=O)O[C@@H]1[C@](C)(CCCc1ccccc1)O3. The Morgan fingerprint density at radius 1 is 0.803 bits per heavy atom. The molecule has 4 heterocycles. The minimum Gasteiger partial charge on any atom is -0.483 e. The van der Waals surface area contributed by atoms with Crippen molar-refractivity contribution in [3.63, 3.8) is 0 Å². The Balaban J connectivity index is 1.15. The quantitative estimate of drug-likeness (QED) is 0.0497. The number of carbonyl (C=O) groups excluding carboxylic acids is 2. The number of esters is 2. The Kier molecular flexibility index (Phi) is 15.5. The van der Waals surface area contributed by atoms with Crippen LogP contribution in [-0.4, -0.2) is 60.8 Å². The van der Waals surface area contributed by atoms with Crippen LogP contribution in [0, 0.1) is 5.92 Å². The zero-order valence-electron chi connectivity index (χ0n) is 40.9. The Morgan fingerprint density at radius 3 is 2.28 bits per heavy atom. The van der Waals surface area contributed by atoms with Crippen LogP contribution in [-0.2, 0) is 43.1 Å². The molecular formula is C61H64O10. The van der Waals surface area contributed by atoms with Gasteiger partial charge in [-0.15, -0.1) is 0 Å². The molecule has 3 aliphatic heterocycles. The zero-order chi connectivity index (χ0) is 49.5. The molecule has 0 saturated heterocycles. The lowest BCUT2D eigenvalue weighted by Gasteiger charge is -2.45. The first kappa shape index (κ1) is 49.4. The lowest BCUT2D eigenvalue weighted by Crippen LogP contribution is -2.54. The van der Waals surface area contributed by atoms with Crippen molar-refractivity contribution in [2.45, 2.75) is 107 Å². The average Bonchev–Trinajstić information content (AvgIpc) is 3.37. The van der Waals surface area contributed by atoms with Gasteiger partial charge in [0.2, 0.25) is 0 Å². The Bertz CT molecular complexity index is 2930. The van der Waals surface area contributed by atoms with Crippen molar-refractivity contribution < 1.29 is 43.2 Å². The molecule has 10 rings (SSSR count). The number of allylic oxidation sites excluding steroid dienone is 2. The van der Waals surface area contributed by atoms with E-state index in [-0.39, 0.29) is 68.0 Å². The third-order valence-electron chi connectivity index (χ3n) is 14.9. The maximum atomic E-state index is 15.2. The molecule has 0 radical (unpaired) electrons. The topological polar surface area (TPSA) is 142 Å². The molecule has 368 valence electrons. The van der Waals surface area contributed by atoms with Crippen LogP contribution in [0.3, 0.4) is 0 Å². The molecule has 2 N–H and O–H groups in total. The second kappa shape index (κ2) is 22.2. The van der Waals surface area contributed by atoms with Crippen LogP contribution in [0.5, 0.6) is 5.75 Å². The molecule has 10 heteroatoms. The van der Waals surface area contributed by atoms with Crippen LogP contribution >= 0.6 is 0 Å². The highest BCUT2D eigenvalue weighted by atomic mass is 16.6. The number of hydrogen-bond acceptors (Lipinski definition) is 10. The van der Waals surface area contributed by atoms with Gasteiger partial charge >= 0.3 is 17.6 Å². The van der Waals surface area contributed by atoms with E-state index in [1.165, 1.54) is 16.7 Å². The molecule has 4 aliphatic rings. The molecule has 1 aromatic heterocycles. The van der Waals surface area contributed by atoms with E-state index in [9.17, 15) is 19.8 Å². The second-order valence-corrected chi connectivity index (χ2v) is 19.8. The van der Waals surface area contributed by atoms with E-state index < -0.39 is 41.3 Å². The number of carbonyl (C=O) groups is 2. The third kappa shape index (κ3) is 11.2. The second-order valence-electron chi connectivity index (χ2n) is 19.8. The lowest BCUT2D eigenvalue weighted by atomic mass is 9.72. The summed E-state index contributed by atoms with van der Waals surface area (Å²) in [5.41, 5.74) is 6.54. The van der Waals surface area contributed by atoms with Gasteiger partial charge in [0.15, 0.2) is 12.2 Å². The van der Waals surface area contributed by atoms with E-state index in [1.807, 2.05) is 37.3 Å². The summed E-state index contributed by atoms with van der Waals surface area (Å²) >= 11 is 0. The maximum absolute atomic E-state index is 15.2. The standard InChI is InChI=1S/C61H64O10/c1-39(37-63)50-26-21-41-19-22-44(23-20-41)51-27-24-46(45-18-10-16-43(33-45)32-42-14-8-5-9-15-42)34-49(51)36-54(64)68-57-55-53(28-25-47-35-52(60(66)69-56(47)55)48(29-31-62)38-67-3)71-61(2,58(57)70-59(50)65)30-11-17-40-12-6-4-7-13-40/h4-10,12-16,18-20,22-25,27-28,33,35,46,48-49,51,57-58,62-63H,11,17,21,26,29-32,34,36-38H2,1-3H3/b50-39-/t46-,48-,49+,51+,57-,58+,61+/m1/s1. The van der Waals surface area contributed by atoms with E-state index in [0.717, 1.165) is 23.1 Å². The fourth-order valence-electron chi connectivity index (χ4n) is 11.0. The van der Waals surface area contributed by atoms with Crippen molar-refractivity contribution in [1.29, 1.82) is 0 Å². The first-order chi connectivity index (χ1) is 34.5. The van der Waals surface area contributed by atoms with Gasteiger partial charge in [0.25, 0.3) is 0 Å². The van der Waals surface area contributed by atoms with Crippen LogP contribution in [0.4, 0.5) is 0 Å². The number of benzene rings is 5. The summed E-state index contributed by atoms with van der Waals surface area (Å²) in [6.45, 7) is 3.28. The van der Waals surface area contributed by atoms with E-state index in [0.29, 0.717) is 59.9 Å². The normalized spacial score (nSPS) is 23.4. The predicted molar refractivity (Wildman–Crippen MR) is 274 cm³/mol. The number of aliphatic hydroxyl groups is 2. The van der Waals surface area contributed by atoms with Crippen LogP contribution in [0.1, 0.15) is 121 Å². The van der Waals surface area contributed by atoms with Gasteiger partial charge in [-0.2, -0.15) is 0 Å². The highest BCUT2D eigenvalue weighted by molar-refractivity contribution is 5.90. The van der Waals surface area contributed by atoms with Crippen molar-refractivity contribution in [2.24, 2.45) is 5.92 Å². The summed E-state index contributed by atoms with van der Waals surface area (Å²) < 4.78 is 32.2. The molecule has 7 atom stereocenters. The third-order valence-corrected chi connectivity index (χ3v) is 14.9. The molecule has 1 aliphatic carbocycles. The Morgan fingerprint density at radius 2 is 1.55 bits per heavy atom. The van der Waals surface area contributed by atoms with Gasteiger partial charge in [-0.1, -0.05) is 121 Å². The lowest BCUT2D eigenvalue weighted by molar-refractivity contribution is -0.192. The number of methoxy groups -OCH3 is 1. The minimum atomic E-state index is -1.27. The molecule has 2 bridgehead atoms. The summed E-state index contributed by atoms with van der Waals surface area (Å²) in [6, 6.07) is 43.0. The van der Waals surface area contributed by atoms with E-state index in [1.54, 1.807) is 26.2 Å². The van der Waals surface area contributed by atoms with Gasteiger partial charge in [-0.05, 0) is 128 Å². The number of hydrogen-bond donors (Lipinski definition) is 2. The van der Waals surface area contributed by atoms with E-state index in [4.69, 9.17) is 23.4 Å². The molecular weight excluding hydrogens is 893 g/mol. The molecule has 0 spiro atoms. The largest absolute Gasteiger partial charge is 0.483 e. The summed E-state index contributed by atoms with van der Waals surface area (Å²) in [4.78, 5) is 44.1. The van der Waals surface area contributed by atoms with Crippen molar-refractivity contribution in [3.05, 3.63) is 206 Å². The first-order valence-electron chi connectivity index (χ1n) is 25.1. The number of rotatable bonds is 13. The van der Waals surface area contributed by atoms with Gasteiger partial charge in [0.1, 0.15) is 16.9 Å². The van der Waals surface area contributed by atoms with Gasteiger partial charge in [0, 0.05) is 54.4 Å². The molecule has 6 aromatic rings. The van der Waals surface area contributed by atoms with Crippen LogP contribution < -0.4 is 10.4 Å². The van der Waals surface area contributed by atoms with E-state index in [2.05, 4.69) is 97.1 Å². The fraction of sp³-hybridized carbons (Fsp3) is 0.361. The zero-order valence-corrected chi connectivity index (χ0v) is 40.9. The summed E-state index contributed by atoms with van der Waals surface area (Å²) in [6.07, 6.45) is 6.40. The number of aliphatic hydroxyl groups excluding tert-OH is 2. The monoisotopic (exact) mass is 956 g/mol. The van der Waals surface area contributed by atoms with E-state index >= 15 is 4.79 Å². The number of ether oxygens (including phenoxy) is 4. The molecule has 71 heavy (non-hydrogen) atoms. The summed E-state index contributed by atoms with van der Waals surface area (Å²) in [5.74, 6) is -1.49. The molecule has 5 aromatic carbocycles. The van der Waals surface area contributed by atoms with Crippen LogP contribution in [0.25, 0.3) is 11.0 Å². The number of aryl methyl sites for hydroxylation is 2. The van der Waals surface area contributed by atoms with Crippen molar-refractivity contribution in [1.82, 2.24) is 0 Å². The van der Waals surface area contributed by atoms with Gasteiger partial charge in [-0.25, -0.2) is 9.59 Å². The Hall–Kier alpha value is -6.59. The summed E-state index contributed by atoms with van der Waals surface area (Å²) in [5, 5.41) is 20.9. The smallest absolute Gasteiger partial charge is 0.339 e. The minimum absolute atomic E-state index is 0.0372. The molecule has 0 amide bonds. The van der Waals surface area contributed by atoms with Crippen molar-refractivity contribution in [2.75, 3.05) is 26.9 Å². The average molecular weight is 957 g/mol. The molecule has 0 fully saturated rings. The van der Waals surface area contributed by atoms with Crippen LogP contribution in [0.2, 0.25) is 0 Å². The predicted octanol–water partition coefficient (Wildman–Crippen LogP) is 11.0. The molecule has 0 unspecified atom stereocenters. The van der Waals surface area contributed by atoms with Crippen LogP contribution in [0.15, 0.2) is 160 Å². The van der Waals surface area contributed by atoms with Crippen molar-refractivity contribution in [3.8, 4) is 5.75 Å². The maximum Gasteiger partial charge on any atom is 0.339 e. The van der Waals surface area contributed by atoms with Crippen molar-refractivity contribution >= 4 is 22.9 Å². The Labute approximate surface area is 415 Å². The molecule has 10 nitrogen and oxygen atoms in total. The van der Waals surface area contributed by atoms with Gasteiger partial charge in [0.05, 0.1) is 18.8 Å². The number of fused-ring (bicyclic) bond motifs is 11. The van der Waals surface area contributed by atoms with Gasteiger partial charge < -0.3 is 33.6 Å². The summed E-state index contributed by atoms with van der Waals surface area (Å²) in [7, 11) is 1.54. The first-order valence-corrected chi connectivity index (χ1v) is 25.1. The highest BCUT2D eigenvalue weighted by Crippen LogP contribution is 2.50. The molecule has 0 saturated carbocycles. The highest BCUT2D eigenvalue weighted by Gasteiger charge is 2.53.